The van der Waals surface area contributed by atoms with Crippen molar-refractivity contribution in [3.8, 4) is 0 Å². The second-order valence-electron chi connectivity index (χ2n) is 4.35. The molecule has 1 unspecified atom stereocenters. The van der Waals surface area contributed by atoms with E-state index >= 15 is 0 Å². The summed E-state index contributed by atoms with van der Waals surface area (Å²) in [5, 5.41) is 3.48. The molecule has 0 amide bonds. The first-order valence-corrected chi connectivity index (χ1v) is 6.91. The zero-order valence-electron chi connectivity index (χ0n) is 9.66. The first kappa shape index (κ1) is 10.9. The number of aromatic nitrogens is 2. The standard InChI is InChI=1S/C11H19N3S/c1-8-6-14(10-4-5-10)11(12-8)13-9(2)7-15-3/h6,9-10H,4-5,7H2,1-3H3,(H,12,13). The van der Waals surface area contributed by atoms with Crippen molar-refractivity contribution in [1.29, 1.82) is 0 Å². The lowest BCUT2D eigenvalue weighted by Crippen LogP contribution is -2.20. The van der Waals surface area contributed by atoms with Crippen molar-refractivity contribution >= 4 is 17.7 Å². The number of rotatable bonds is 5. The number of aryl methyl sites for hydroxylation is 1. The fourth-order valence-corrected chi connectivity index (χ4v) is 2.35. The van der Waals surface area contributed by atoms with Crippen LogP contribution in [0.25, 0.3) is 0 Å². The van der Waals surface area contributed by atoms with Crippen molar-refractivity contribution in [1.82, 2.24) is 9.55 Å². The summed E-state index contributed by atoms with van der Waals surface area (Å²) in [6.07, 6.45) is 6.91. The highest BCUT2D eigenvalue weighted by Crippen LogP contribution is 2.37. The van der Waals surface area contributed by atoms with E-state index in [0.717, 1.165) is 17.4 Å². The molecule has 1 aromatic heterocycles. The molecular formula is C11H19N3S. The maximum atomic E-state index is 4.54. The van der Waals surface area contributed by atoms with Gasteiger partial charge in [-0.3, -0.25) is 0 Å². The van der Waals surface area contributed by atoms with E-state index in [-0.39, 0.29) is 0 Å². The molecule has 1 heterocycles. The minimum absolute atomic E-state index is 0.485. The van der Waals surface area contributed by atoms with E-state index in [2.05, 4.69) is 41.2 Å². The fraction of sp³-hybridized carbons (Fsp3) is 0.727. The minimum atomic E-state index is 0.485. The highest BCUT2D eigenvalue weighted by Gasteiger charge is 2.26. The lowest BCUT2D eigenvalue weighted by Gasteiger charge is -2.14. The Bertz CT molecular complexity index is 331. The van der Waals surface area contributed by atoms with Crippen LogP contribution in [0.15, 0.2) is 6.20 Å². The van der Waals surface area contributed by atoms with Crippen molar-refractivity contribution in [3.05, 3.63) is 11.9 Å². The molecule has 1 atom stereocenters. The van der Waals surface area contributed by atoms with E-state index in [1.165, 1.54) is 12.8 Å². The van der Waals surface area contributed by atoms with Gasteiger partial charge >= 0.3 is 0 Å². The van der Waals surface area contributed by atoms with Crippen LogP contribution in [0.5, 0.6) is 0 Å². The zero-order valence-corrected chi connectivity index (χ0v) is 10.5. The van der Waals surface area contributed by atoms with Gasteiger partial charge in [0.25, 0.3) is 0 Å². The van der Waals surface area contributed by atoms with Crippen molar-refractivity contribution in [2.75, 3.05) is 17.3 Å². The van der Waals surface area contributed by atoms with Gasteiger partial charge in [-0.05, 0) is 32.9 Å². The molecule has 1 N–H and O–H groups in total. The highest BCUT2D eigenvalue weighted by molar-refractivity contribution is 7.98. The minimum Gasteiger partial charge on any atom is -0.352 e. The highest BCUT2D eigenvalue weighted by atomic mass is 32.2. The lowest BCUT2D eigenvalue weighted by atomic mass is 10.4. The average molecular weight is 225 g/mol. The normalized spacial score (nSPS) is 17.8. The topological polar surface area (TPSA) is 29.9 Å². The fourth-order valence-electron chi connectivity index (χ4n) is 1.77. The van der Waals surface area contributed by atoms with E-state index in [0.29, 0.717) is 12.1 Å². The van der Waals surface area contributed by atoms with Crippen LogP contribution in [-0.2, 0) is 0 Å². The quantitative estimate of drug-likeness (QED) is 0.835. The molecule has 1 fully saturated rings. The molecular weight excluding hydrogens is 206 g/mol. The maximum Gasteiger partial charge on any atom is 0.203 e. The number of hydrogen-bond donors (Lipinski definition) is 1. The summed E-state index contributed by atoms with van der Waals surface area (Å²) in [6.45, 7) is 4.26. The number of imidazole rings is 1. The molecule has 0 spiro atoms. The van der Waals surface area contributed by atoms with Crippen LogP contribution in [0.1, 0.15) is 31.5 Å². The second-order valence-corrected chi connectivity index (χ2v) is 5.26. The first-order chi connectivity index (χ1) is 7.20. The molecule has 0 radical (unpaired) electrons. The SMILES string of the molecule is CSCC(C)Nc1nc(C)cn1C1CC1. The smallest absolute Gasteiger partial charge is 0.203 e. The third kappa shape index (κ3) is 2.68. The largest absolute Gasteiger partial charge is 0.352 e. The molecule has 0 aliphatic heterocycles. The Labute approximate surface area is 95.7 Å². The summed E-state index contributed by atoms with van der Waals surface area (Å²) in [4.78, 5) is 4.54. The molecule has 3 nitrogen and oxygen atoms in total. The summed E-state index contributed by atoms with van der Waals surface area (Å²) in [5.74, 6) is 2.17. The third-order valence-electron chi connectivity index (χ3n) is 2.59. The number of anilines is 1. The van der Waals surface area contributed by atoms with Gasteiger partial charge in [0, 0.05) is 24.0 Å². The van der Waals surface area contributed by atoms with E-state index in [1.54, 1.807) is 0 Å². The zero-order chi connectivity index (χ0) is 10.8. The van der Waals surface area contributed by atoms with Gasteiger partial charge in [0.1, 0.15) is 0 Å². The van der Waals surface area contributed by atoms with Gasteiger partial charge in [-0.2, -0.15) is 11.8 Å². The third-order valence-corrected chi connectivity index (χ3v) is 3.42. The van der Waals surface area contributed by atoms with Crippen LogP contribution >= 0.6 is 11.8 Å². The Morgan fingerprint density at radius 1 is 1.67 bits per heavy atom. The molecule has 1 aromatic rings. The van der Waals surface area contributed by atoms with E-state index < -0.39 is 0 Å². The number of hydrogen-bond acceptors (Lipinski definition) is 3. The summed E-state index contributed by atoms with van der Waals surface area (Å²) >= 11 is 1.87. The summed E-state index contributed by atoms with van der Waals surface area (Å²) in [6, 6.07) is 1.19. The number of nitrogens with one attached hydrogen (secondary N) is 1. The molecule has 1 aliphatic rings. The average Bonchev–Trinajstić information content (AvgIpc) is 2.92. The van der Waals surface area contributed by atoms with Crippen LogP contribution in [0.2, 0.25) is 0 Å². The molecule has 2 rings (SSSR count). The maximum absolute atomic E-state index is 4.54. The first-order valence-electron chi connectivity index (χ1n) is 5.51. The molecule has 0 bridgehead atoms. The van der Waals surface area contributed by atoms with Gasteiger partial charge in [0.15, 0.2) is 0 Å². The molecule has 15 heavy (non-hydrogen) atoms. The van der Waals surface area contributed by atoms with Crippen molar-refractivity contribution in [2.24, 2.45) is 0 Å². The predicted molar refractivity (Wildman–Crippen MR) is 66.7 cm³/mol. The summed E-state index contributed by atoms with van der Waals surface area (Å²) in [5.41, 5.74) is 1.11. The Balaban J connectivity index is 2.05. The van der Waals surface area contributed by atoms with E-state index in [4.69, 9.17) is 0 Å². The number of nitrogens with zero attached hydrogens (tertiary/aromatic N) is 2. The van der Waals surface area contributed by atoms with Crippen LogP contribution in [0.3, 0.4) is 0 Å². The Morgan fingerprint density at radius 2 is 2.40 bits per heavy atom. The molecule has 4 heteroatoms. The Morgan fingerprint density at radius 3 is 3.00 bits per heavy atom. The number of thioether (sulfide) groups is 1. The van der Waals surface area contributed by atoms with Crippen LogP contribution in [0.4, 0.5) is 5.95 Å². The Hall–Kier alpha value is -0.640. The monoisotopic (exact) mass is 225 g/mol. The Kier molecular flexibility index (Phi) is 3.24. The molecule has 0 saturated heterocycles. The lowest BCUT2D eigenvalue weighted by molar-refractivity contribution is 0.731. The molecule has 84 valence electrons. The van der Waals surface area contributed by atoms with Crippen molar-refractivity contribution in [3.63, 3.8) is 0 Å². The van der Waals surface area contributed by atoms with Gasteiger partial charge in [-0.15, -0.1) is 0 Å². The van der Waals surface area contributed by atoms with E-state index in [9.17, 15) is 0 Å². The summed E-state index contributed by atoms with van der Waals surface area (Å²) < 4.78 is 2.30. The van der Waals surface area contributed by atoms with Crippen LogP contribution in [0, 0.1) is 6.92 Å². The molecule has 1 saturated carbocycles. The van der Waals surface area contributed by atoms with Crippen molar-refractivity contribution in [2.45, 2.75) is 38.8 Å². The van der Waals surface area contributed by atoms with Gasteiger partial charge < -0.3 is 9.88 Å². The van der Waals surface area contributed by atoms with Gasteiger partial charge in [-0.1, -0.05) is 0 Å². The van der Waals surface area contributed by atoms with Gasteiger partial charge in [0.05, 0.1) is 5.69 Å². The van der Waals surface area contributed by atoms with Gasteiger partial charge in [0.2, 0.25) is 5.95 Å². The second kappa shape index (κ2) is 4.47. The molecule has 0 aromatic carbocycles. The van der Waals surface area contributed by atoms with E-state index in [1.807, 2.05) is 11.8 Å². The van der Waals surface area contributed by atoms with Crippen LogP contribution in [-0.4, -0.2) is 27.6 Å². The summed E-state index contributed by atoms with van der Waals surface area (Å²) in [7, 11) is 0. The molecule has 1 aliphatic carbocycles. The predicted octanol–water partition coefficient (Wildman–Crippen LogP) is 2.69. The van der Waals surface area contributed by atoms with Gasteiger partial charge in [-0.25, -0.2) is 4.98 Å². The van der Waals surface area contributed by atoms with Crippen LogP contribution < -0.4 is 5.32 Å². The van der Waals surface area contributed by atoms with Crippen molar-refractivity contribution < 1.29 is 0 Å².